The molecule has 0 aliphatic carbocycles. The summed E-state index contributed by atoms with van der Waals surface area (Å²) < 4.78 is 5.39. The second-order valence-corrected chi connectivity index (χ2v) is 4.86. The Morgan fingerprint density at radius 2 is 2.14 bits per heavy atom. The summed E-state index contributed by atoms with van der Waals surface area (Å²) in [6.07, 6.45) is 0.906. The Balaban J connectivity index is 2.96. The van der Waals surface area contributed by atoms with Crippen LogP contribution in [0.5, 0.6) is 0 Å². The number of methoxy groups -OCH3 is 1. The Morgan fingerprint density at radius 3 is 2.64 bits per heavy atom. The van der Waals surface area contributed by atoms with Crippen LogP contribution >= 0.6 is 11.3 Å². The van der Waals surface area contributed by atoms with E-state index in [1.54, 1.807) is 18.4 Å². The SMILES string of the molecule is COC(C)(C)c1nc(C)c(CCN)s1. The first-order chi connectivity index (χ1) is 6.51. The van der Waals surface area contributed by atoms with Gasteiger partial charge < -0.3 is 10.5 Å². The molecule has 1 aromatic rings. The van der Waals surface area contributed by atoms with Crippen LogP contribution in [0.2, 0.25) is 0 Å². The van der Waals surface area contributed by atoms with E-state index in [0.29, 0.717) is 6.54 Å². The average molecular weight is 214 g/mol. The van der Waals surface area contributed by atoms with E-state index in [4.69, 9.17) is 10.5 Å². The van der Waals surface area contributed by atoms with Crippen LogP contribution in [0.4, 0.5) is 0 Å². The van der Waals surface area contributed by atoms with E-state index in [-0.39, 0.29) is 5.60 Å². The molecule has 0 unspecified atom stereocenters. The molecule has 80 valence electrons. The molecule has 0 spiro atoms. The number of aromatic nitrogens is 1. The van der Waals surface area contributed by atoms with Crippen LogP contribution in [0.25, 0.3) is 0 Å². The maximum atomic E-state index is 5.53. The lowest BCUT2D eigenvalue weighted by Gasteiger charge is -2.19. The first-order valence-corrected chi connectivity index (χ1v) is 5.55. The minimum Gasteiger partial charge on any atom is -0.372 e. The molecule has 1 rings (SSSR count). The molecular weight excluding hydrogens is 196 g/mol. The van der Waals surface area contributed by atoms with Crippen LogP contribution in [0, 0.1) is 6.92 Å². The highest BCUT2D eigenvalue weighted by molar-refractivity contribution is 7.11. The van der Waals surface area contributed by atoms with Crippen molar-refractivity contribution in [2.24, 2.45) is 5.73 Å². The predicted octanol–water partition coefficient (Wildman–Crippen LogP) is 1.83. The normalized spacial score (nSPS) is 12.1. The third kappa shape index (κ3) is 2.32. The fourth-order valence-corrected chi connectivity index (χ4v) is 2.29. The van der Waals surface area contributed by atoms with Gasteiger partial charge in [-0.15, -0.1) is 11.3 Å². The topological polar surface area (TPSA) is 48.1 Å². The monoisotopic (exact) mass is 214 g/mol. The van der Waals surface area contributed by atoms with Gasteiger partial charge in [0.2, 0.25) is 0 Å². The number of ether oxygens (including phenoxy) is 1. The van der Waals surface area contributed by atoms with Crippen LogP contribution in [0.15, 0.2) is 0 Å². The van der Waals surface area contributed by atoms with Crippen molar-refractivity contribution in [1.29, 1.82) is 0 Å². The predicted molar refractivity (Wildman–Crippen MR) is 59.6 cm³/mol. The van der Waals surface area contributed by atoms with Gasteiger partial charge in [-0.1, -0.05) is 0 Å². The molecule has 0 saturated heterocycles. The molecule has 14 heavy (non-hydrogen) atoms. The standard InChI is InChI=1S/C10H18N2OS/c1-7-8(5-6-11)14-9(12-7)10(2,3)13-4/h5-6,11H2,1-4H3. The number of hydrogen-bond acceptors (Lipinski definition) is 4. The second kappa shape index (κ2) is 4.38. The molecule has 3 nitrogen and oxygen atoms in total. The van der Waals surface area contributed by atoms with E-state index in [2.05, 4.69) is 4.98 Å². The molecule has 1 heterocycles. The van der Waals surface area contributed by atoms with Crippen LogP contribution < -0.4 is 5.73 Å². The average Bonchev–Trinajstić information content (AvgIpc) is 2.49. The van der Waals surface area contributed by atoms with Crippen molar-refractivity contribution in [2.75, 3.05) is 13.7 Å². The highest BCUT2D eigenvalue weighted by Crippen LogP contribution is 2.30. The van der Waals surface area contributed by atoms with Crippen molar-refractivity contribution >= 4 is 11.3 Å². The van der Waals surface area contributed by atoms with Gasteiger partial charge in [0, 0.05) is 12.0 Å². The van der Waals surface area contributed by atoms with Crippen molar-refractivity contribution in [3.8, 4) is 0 Å². The third-order valence-corrected chi connectivity index (χ3v) is 3.81. The maximum Gasteiger partial charge on any atom is 0.125 e. The zero-order valence-electron chi connectivity index (χ0n) is 9.26. The zero-order valence-corrected chi connectivity index (χ0v) is 10.1. The highest BCUT2D eigenvalue weighted by Gasteiger charge is 2.24. The Morgan fingerprint density at radius 1 is 1.50 bits per heavy atom. The minimum atomic E-state index is -0.289. The van der Waals surface area contributed by atoms with Crippen molar-refractivity contribution in [3.63, 3.8) is 0 Å². The number of hydrogen-bond donors (Lipinski definition) is 1. The van der Waals surface area contributed by atoms with Crippen molar-refractivity contribution < 1.29 is 4.74 Å². The van der Waals surface area contributed by atoms with Gasteiger partial charge in [0.05, 0.1) is 5.69 Å². The Bertz CT molecular complexity index is 307. The van der Waals surface area contributed by atoms with Crippen molar-refractivity contribution in [1.82, 2.24) is 4.98 Å². The molecule has 0 radical (unpaired) electrons. The van der Waals surface area contributed by atoms with Gasteiger partial charge in [-0.2, -0.15) is 0 Å². The van der Waals surface area contributed by atoms with E-state index in [9.17, 15) is 0 Å². The molecule has 0 aliphatic rings. The van der Waals surface area contributed by atoms with Gasteiger partial charge in [-0.3, -0.25) is 0 Å². The molecule has 0 aromatic carbocycles. The number of nitrogens with zero attached hydrogens (tertiary/aromatic N) is 1. The Labute approximate surface area is 89.3 Å². The summed E-state index contributed by atoms with van der Waals surface area (Å²) in [5, 5.41) is 1.03. The summed E-state index contributed by atoms with van der Waals surface area (Å²) >= 11 is 1.70. The van der Waals surface area contributed by atoms with Crippen LogP contribution in [-0.4, -0.2) is 18.6 Å². The quantitative estimate of drug-likeness (QED) is 0.832. The number of thiazole rings is 1. The lowest BCUT2D eigenvalue weighted by atomic mass is 10.1. The van der Waals surface area contributed by atoms with Crippen LogP contribution in [0.3, 0.4) is 0 Å². The molecule has 0 fully saturated rings. The summed E-state index contributed by atoms with van der Waals surface area (Å²) in [5.74, 6) is 0. The first kappa shape index (κ1) is 11.6. The fraction of sp³-hybridized carbons (Fsp3) is 0.700. The van der Waals surface area contributed by atoms with Gasteiger partial charge in [0.1, 0.15) is 10.6 Å². The fourth-order valence-electron chi connectivity index (χ4n) is 1.14. The zero-order chi connectivity index (χ0) is 10.8. The lowest BCUT2D eigenvalue weighted by molar-refractivity contribution is 0.0189. The largest absolute Gasteiger partial charge is 0.372 e. The van der Waals surface area contributed by atoms with E-state index < -0.39 is 0 Å². The molecular formula is C10H18N2OS. The maximum absolute atomic E-state index is 5.53. The van der Waals surface area contributed by atoms with Gasteiger partial charge >= 0.3 is 0 Å². The lowest BCUT2D eigenvalue weighted by Crippen LogP contribution is -2.18. The van der Waals surface area contributed by atoms with E-state index in [0.717, 1.165) is 17.1 Å². The summed E-state index contributed by atoms with van der Waals surface area (Å²) in [5.41, 5.74) is 6.32. The van der Waals surface area contributed by atoms with Crippen molar-refractivity contribution in [2.45, 2.75) is 32.8 Å². The summed E-state index contributed by atoms with van der Waals surface area (Å²) in [6.45, 7) is 6.75. The van der Waals surface area contributed by atoms with E-state index in [1.165, 1.54) is 4.88 Å². The molecule has 0 saturated carbocycles. The van der Waals surface area contributed by atoms with Crippen LogP contribution in [-0.2, 0) is 16.8 Å². The second-order valence-electron chi connectivity index (χ2n) is 3.78. The van der Waals surface area contributed by atoms with Gasteiger partial charge in [0.25, 0.3) is 0 Å². The number of nitrogens with two attached hydrogens (primary N) is 1. The molecule has 4 heteroatoms. The van der Waals surface area contributed by atoms with Gasteiger partial charge in [-0.25, -0.2) is 4.98 Å². The number of rotatable bonds is 4. The summed E-state index contributed by atoms with van der Waals surface area (Å²) in [7, 11) is 1.71. The molecule has 0 aliphatic heterocycles. The molecule has 0 amide bonds. The molecule has 1 aromatic heterocycles. The van der Waals surface area contributed by atoms with Gasteiger partial charge in [0.15, 0.2) is 0 Å². The van der Waals surface area contributed by atoms with Crippen LogP contribution in [0.1, 0.15) is 29.4 Å². The Kier molecular flexibility index (Phi) is 3.64. The minimum absolute atomic E-state index is 0.289. The van der Waals surface area contributed by atoms with E-state index >= 15 is 0 Å². The van der Waals surface area contributed by atoms with Gasteiger partial charge in [-0.05, 0) is 33.7 Å². The summed E-state index contributed by atoms with van der Waals surface area (Å²) in [4.78, 5) is 5.78. The molecule has 0 atom stereocenters. The Hall–Kier alpha value is -0.450. The molecule has 0 bridgehead atoms. The first-order valence-electron chi connectivity index (χ1n) is 4.73. The smallest absolute Gasteiger partial charge is 0.125 e. The highest BCUT2D eigenvalue weighted by atomic mass is 32.1. The summed E-state index contributed by atoms with van der Waals surface area (Å²) in [6, 6.07) is 0. The van der Waals surface area contributed by atoms with Crippen molar-refractivity contribution in [3.05, 3.63) is 15.6 Å². The number of aryl methyl sites for hydroxylation is 1. The molecule has 2 N–H and O–H groups in total. The van der Waals surface area contributed by atoms with E-state index in [1.807, 2.05) is 20.8 Å². The third-order valence-electron chi connectivity index (χ3n) is 2.29.